The van der Waals surface area contributed by atoms with E-state index >= 15 is 0 Å². The lowest BCUT2D eigenvalue weighted by Crippen LogP contribution is -2.04. The molecule has 2 heterocycles. The lowest BCUT2D eigenvalue weighted by Gasteiger charge is -2.21. The average Bonchev–Trinajstić information content (AvgIpc) is 3.99. The fourth-order valence-electron chi connectivity index (χ4n) is 11.1. The molecular formula is C75H50N4. The molecule has 0 atom stereocenters. The second kappa shape index (κ2) is 20.5. The molecule has 4 nitrogen and oxygen atoms in total. The van der Waals surface area contributed by atoms with Crippen molar-refractivity contribution in [3.8, 4) is 118 Å². The Morgan fingerprint density at radius 1 is 0.190 bits per heavy atom. The van der Waals surface area contributed by atoms with Crippen LogP contribution in [0.5, 0.6) is 0 Å². The first-order valence-corrected chi connectivity index (χ1v) is 26.8. The van der Waals surface area contributed by atoms with Crippen molar-refractivity contribution >= 4 is 21.8 Å². The monoisotopic (exact) mass is 1010 g/mol. The van der Waals surface area contributed by atoms with Crippen LogP contribution in [-0.2, 0) is 0 Å². The number of hydrogen-bond acceptors (Lipinski definition) is 3. The second-order valence-electron chi connectivity index (χ2n) is 20.0. The summed E-state index contributed by atoms with van der Waals surface area (Å²) in [6, 6.07) is 108. The van der Waals surface area contributed by atoms with Crippen LogP contribution in [0.1, 0.15) is 0 Å². The van der Waals surface area contributed by atoms with Gasteiger partial charge in [0.05, 0.1) is 16.7 Å². The zero-order valence-electron chi connectivity index (χ0n) is 43.2. The van der Waals surface area contributed by atoms with E-state index in [-0.39, 0.29) is 0 Å². The minimum Gasteiger partial charge on any atom is -0.308 e. The van der Waals surface area contributed by atoms with Crippen LogP contribution in [0.3, 0.4) is 0 Å². The fraction of sp³-hybridized carbons (Fsp3) is 0. The van der Waals surface area contributed by atoms with Crippen LogP contribution in [0, 0.1) is 0 Å². The molecule has 0 saturated carbocycles. The molecule has 2 aromatic heterocycles. The summed E-state index contributed by atoms with van der Waals surface area (Å²) >= 11 is 0. The highest BCUT2D eigenvalue weighted by molar-refractivity contribution is 6.12. The van der Waals surface area contributed by atoms with E-state index in [0.29, 0.717) is 17.5 Å². The first-order chi connectivity index (χ1) is 39.1. The summed E-state index contributed by atoms with van der Waals surface area (Å²) in [5.74, 6) is 1.76. The summed E-state index contributed by atoms with van der Waals surface area (Å²) in [5, 5.41) is 2.36. The van der Waals surface area contributed by atoms with Crippen molar-refractivity contribution < 1.29 is 0 Å². The summed E-state index contributed by atoms with van der Waals surface area (Å²) in [7, 11) is 0. The largest absolute Gasteiger partial charge is 0.308 e. The molecule has 12 aromatic carbocycles. The van der Waals surface area contributed by atoms with Gasteiger partial charge >= 0.3 is 0 Å². The lowest BCUT2D eigenvalue weighted by atomic mass is 9.91. The van der Waals surface area contributed by atoms with Crippen LogP contribution in [0.2, 0.25) is 0 Å². The predicted molar refractivity (Wildman–Crippen MR) is 329 cm³/mol. The standard InChI is InChI=1S/C75H50N4/c1-6-18-51(19-7-1)56-30-38-60(39-31-56)67-49-65(75-77-73(62-42-34-58(35-43-62)53-22-10-3-11-23-53)76-74(78-75)63-44-36-59(37-45-63)54-24-12-4-13-25-54)50-68(61-40-32-57(33-41-61)52-20-8-2-9-21-52)72(67)79-70-29-17-16-28-66(70)69-48-64(46-47-71(69)79)55-26-14-5-15-27-55/h1-50H. The van der Waals surface area contributed by atoms with E-state index in [4.69, 9.17) is 15.0 Å². The van der Waals surface area contributed by atoms with E-state index < -0.39 is 0 Å². The van der Waals surface area contributed by atoms with E-state index in [1.54, 1.807) is 0 Å². The van der Waals surface area contributed by atoms with Crippen LogP contribution >= 0.6 is 0 Å². The van der Waals surface area contributed by atoms with Gasteiger partial charge in [0, 0.05) is 38.6 Å². The smallest absolute Gasteiger partial charge is 0.164 e. The molecule has 0 aliphatic rings. The van der Waals surface area contributed by atoms with Gasteiger partial charge in [0.25, 0.3) is 0 Å². The minimum atomic E-state index is 0.574. The Morgan fingerprint density at radius 2 is 0.468 bits per heavy atom. The van der Waals surface area contributed by atoms with Crippen LogP contribution in [-0.4, -0.2) is 19.5 Å². The molecule has 14 rings (SSSR count). The van der Waals surface area contributed by atoms with E-state index in [2.05, 4.69) is 296 Å². The highest BCUT2D eigenvalue weighted by Crippen LogP contribution is 2.45. The molecule has 0 aliphatic heterocycles. The van der Waals surface area contributed by atoms with Gasteiger partial charge < -0.3 is 4.57 Å². The molecule has 0 aliphatic carbocycles. The third-order valence-corrected chi connectivity index (χ3v) is 15.1. The molecule has 0 radical (unpaired) electrons. The lowest BCUT2D eigenvalue weighted by molar-refractivity contribution is 1.07. The third kappa shape index (κ3) is 9.18. The number of fused-ring (bicyclic) bond motifs is 3. The molecule has 0 amide bonds. The van der Waals surface area contributed by atoms with Gasteiger partial charge in [0.1, 0.15) is 0 Å². The summed E-state index contributed by atoms with van der Waals surface area (Å²) in [5.41, 5.74) is 21.7. The van der Waals surface area contributed by atoms with Gasteiger partial charge in [-0.25, -0.2) is 15.0 Å². The molecule has 0 bridgehead atoms. The second-order valence-corrected chi connectivity index (χ2v) is 20.0. The van der Waals surface area contributed by atoms with Crippen molar-refractivity contribution in [3.63, 3.8) is 0 Å². The Bertz CT molecular complexity index is 4240. The third-order valence-electron chi connectivity index (χ3n) is 15.1. The van der Waals surface area contributed by atoms with Gasteiger partial charge in [-0.3, -0.25) is 0 Å². The van der Waals surface area contributed by atoms with Crippen LogP contribution in [0.15, 0.2) is 303 Å². The summed E-state index contributed by atoms with van der Waals surface area (Å²) < 4.78 is 2.48. The minimum absolute atomic E-state index is 0.574. The van der Waals surface area contributed by atoms with Gasteiger partial charge in [0.15, 0.2) is 17.5 Å². The average molecular weight is 1010 g/mol. The molecule has 0 unspecified atom stereocenters. The zero-order valence-corrected chi connectivity index (χ0v) is 43.2. The number of aromatic nitrogens is 4. The molecule has 4 heteroatoms. The normalized spacial score (nSPS) is 11.3. The van der Waals surface area contributed by atoms with E-state index in [1.807, 2.05) is 12.1 Å². The van der Waals surface area contributed by atoms with E-state index in [0.717, 1.165) is 100 Å². The van der Waals surface area contributed by atoms with Crippen molar-refractivity contribution in [3.05, 3.63) is 303 Å². The fourth-order valence-corrected chi connectivity index (χ4v) is 11.1. The van der Waals surface area contributed by atoms with E-state index in [9.17, 15) is 0 Å². The van der Waals surface area contributed by atoms with Gasteiger partial charge in [-0.1, -0.05) is 273 Å². The Morgan fingerprint density at radius 3 is 0.861 bits per heavy atom. The summed E-state index contributed by atoms with van der Waals surface area (Å²) in [6.45, 7) is 0. The van der Waals surface area contributed by atoms with Gasteiger partial charge in [-0.15, -0.1) is 0 Å². The maximum atomic E-state index is 5.45. The van der Waals surface area contributed by atoms with Crippen LogP contribution in [0.4, 0.5) is 0 Å². The first-order valence-electron chi connectivity index (χ1n) is 26.8. The predicted octanol–water partition coefficient (Wildman–Crippen LogP) is 19.6. The maximum Gasteiger partial charge on any atom is 0.164 e. The molecule has 14 aromatic rings. The number of nitrogens with zero attached hydrogens (tertiary/aromatic N) is 4. The molecule has 0 N–H and O–H groups in total. The Balaban J connectivity index is 1.03. The SMILES string of the molecule is c1ccc(-c2ccc(-c3nc(-c4ccc(-c5ccccc5)cc4)nc(-c4cc(-c5ccc(-c6ccccc6)cc5)c(-n5c6ccccc6c6cc(-c7ccccc7)ccc65)c(-c5ccc(-c6ccccc6)cc5)c4)n3)cc2)cc1. The highest BCUT2D eigenvalue weighted by Gasteiger charge is 2.24. The topological polar surface area (TPSA) is 43.6 Å². The van der Waals surface area contributed by atoms with Crippen molar-refractivity contribution in [2.45, 2.75) is 0 Å². The van der Waals surface area contributed by atoms with Gasteiger partial charge in [-0.2, -0.15) is 0 Å². The van der Waals surface area contributed by atoms with Crippen molar-refractivity contribution in [2.24, 2.45) is 0 Å². The molecule has 370 valence electrons. The molecule has 0 saturated heterocycles. The number of benzene rings is 12. The maximum absolute atomic E-state index is 5.45. The zero-order chi connectivity index (χ0) is 52.5. The van der Waals surface area contributed by atoms with Gasteiger partial charge in [0.2, 0.25) is 0 Å². The molecule has 0 spiro atoms. The first kappa shape index (κ1) is 46.9. The molecule has 0 fully saturated rings. The Hall–Kier alpha value is -10.6. The van der Waals surface area contributed by atoms with Crippen molar-refractivity contribution in [2.75, 3.05) is 0 Å². The van der Waals surface area contributed by atoms with Gasteiger partial charge in [-0.05, 0) is 97.1 Å². The molecule has 79 heavy (non-hydrogen) atoms. The quantitative estimate of drug-likeness (QED) is 0.130. The Kier molecular flexibility index (Phi) is 12.2. The van der Waals surface area contributed by atoms with Crippen molar-refractivity contribution in [1.29, 1.82) is 0 Å². The van der Waals surface area contributed by atoms with Crippen LogP contribution in [0.25, 0.3) is 140 Å². The molecular weight excluding hydrogens is 957 g/mol. The number of para-hydroxylation sites is 1. The summed E-state index contributed by atoms with van der Waals surface area (Å²) in [6.07, 6.45) is 0. The number of hydrogen-bond donors (Lipinski definition) is 0. The van der Waals surface area contributed by atoms with Crippen molar-refractivity contribution in [1.82, 2.24) is 19.5 Å². The highest BCUT2D eigenvalue weighted by atomic mass is 15.0. The van der Waals surface area contributed by atoms with E-state index in [1.165, 1.54) is 21.9 Å². The summed E-state index contributed by atoms with van der Waals surface area (Å²) in [4.78, 5) is 16.2. The van der Waals surface area contributed by atoms with Crippen LogP contribution < -0.4 is 0 Å². The Labute approximate surface area is 460 Å². The number of rotatable bonds is 11.